The van der Waals surface area contributed by atoms with E-state index in [1.807, 2.05) is 12.1 Å². The van der Waals surface area contributed by atoms with E-state index < -0.39 is 5.54 Å². The Hall–Kier alpha value is -1.31. The van der Waals surface area contributed by atoms with Crippen molar-refractivity contribution in [3.63, 3.8) is 0 Å². The molecule has 0 spiro atoms. The number of ether oxygens (including phenoxy) is 2. The summed E-state index contributed by atoms with van der Waals surface area (Å²) in [5, 5.41) is 4.07. The van der Waals surface area contributed by atoms with Crippen molar-refractivity contribution in [2.45, 2.75) is 31.2 Å². The normalized spacial score (nSPS) is 18.3. The quantitative estimate of drug-likeness (QED) is 0.849. The summed E-state index contributed by atoms with van der Waals surface area (Å²) in [6.07, 6.45) is 4.01. The van der Waals surface area contributed by atoms with E-state index >= 15 is 0 Å². The van der Waals surface area contributed by atoms with Crippen molar-refractivity contribution in [2.75, 3.05) is 6.79 Å². The average Bonchev–Trinajstić information content (AvgIpc) is 3.18. The SMILES string of the molecule is Cl.NC1(c2noc(-c3cc(Br)c4c(c3)OCO4)n2)CCCC1. The highest BCUT2D eigenvalue weighted by atomic mass is 79.9. The van der Waals surface area contributed by atoms with E-state index in [-0.39, 0.29) is 19.2 Å². The van der Waals surface area contributed by atoms with Crippen molar-refractivity contribution >= 4 is 28.3 Å². The number of aromatic nitrogens is 2. The van der Waals surface area contributed by atoms with Crippen LogP contribution in [0.15, 0.2) is 21.1 Å². The molecule has 0 radical (unpaired) electrons. The number of fused-ring (bicyclic) bond motifs is 1. The maximum atomic E-state index is 6.35. The second-order valence-electron chi connectivity index (χ2n) is 5.48. The fourth-order valence-electron chi connectivity index (χ4n) is 2.86. The summed E-state index contributed by atoms with van der Waals surface area (Å²) < 4.78 is 17.0. The number of hydrogen-bond acceptors (Lipinski definition) is 6. The van der Waals surface area contributed by atoms with E-state index in [2.05, 4.69) is 26.1 Å². The Morgan fingerprint density at radius 2 is 1.95 bits per heavy atom. The van der Waals surface area contributed by atoms with Crippen molar-refractivity contribution in [1.29, 1.82) is 0 Å². The van der Waals surface area contributed by atoms with E-state index in [0.29, 0.717) is 23.2 Å². The van der Waals surface area contributed by atoms with Crippen LogP contribution in [-0.4, -0.2) is 16.9 Å². The molecular weight excluding hydrogens is 374 g/mol. The molecular formula is C14H15BrClN3O3. The lowest BCUT2D eigenvalue weighted by Gasteiger charge is -2.17. The Kier molecular flexibility index (Phi) is 4.05. The Morgan fingerprint density at radius 1 is 1.18 bits per heavy atom. The summed E-state index contributed by atoms with van der Waals surface area (Å²) >= 11 is 3.46. The van der Waals surface area contributed by atoms with Gasteiger partial charge in [-0.05, 0) is 40.9 Å². The Balaban J connectivity index is 0.00000144. The summed E-state index contributed by atoms with van der Waals surface area (Å²) in [5.41, 5.74) is 6.69. The summed E-state index contributed by atoms with van der Waals surface area (Å²) in [6, 6.07) is 3.71. The highest BCUT2D eigenvalue weighted by Gasteiger charge is 2.36. The summed E-state index contributed by atoms with van der Waals surface area (Å²) in [6.45, 7) is 0.221. The molecule has 1 aliphatic heterocycles. The van der Waals surface area contributed by atoms with Crippen LogP contribution in [0.3, 0.4) is 0 Å². The molecule has 2 aliphatic rings. The number of nitrogens with zero attached hydrogens (tertiary/aromatic N) is 2. The number of nitrogens with two attached hydrogens (primary N) is 1. The van der Waals surface area contributed by atoms with Gasteiger partial charge in [0.1, 0.15) is 0 Å². The van der Waals surface area contributed by atoms with Crippen molar-refractivity contribution < 1.29 is 14.0 Å². The lowest BCUT2D eigenvalue weighted by molar-refractivity contribution is 0.173. The molecule has 1 aromatic carbocycles. The topological polar surface area (TPSA) is 83.4 Å². The van der Waals surface area contributed by atoms with Gasteiger partial charge in [0.05, 0.1) is 10.0 Å². The van der Waals surface area contributed by atoms with Gasteiger partial charge in [-0.25, -0.2) is 0 Å². The van der Waals surface area contributed by atoms with E-state index in [0.717, 1.165) is 35.7 Å². The van der Waals surface area contributed by atoms with Crippen LogP contribution >= 0.6 is 28.3 Å². The predicted octanol–water partition coefficient (Wildman–Crippen LogP) is 3.38. The molecule has 6 nitrogen and oxygen atoms in total. The van der Waals surface area contributed by atoms with Crippen LogP contribution in [-0.2, 0) is 5.54 Å². The van der Waals surface area contributed by atoms with Crippen LogP contribution in [0.1, 0.15) is 31.5 Å². The highest BCUT2D eigenvalue weighted by Crippen LogP contribution is 2.42. The molecule has 2 N–H and O–H groups in total. The number of rotatable bonds is 2. The van der Waals surface area contributed by atoms with Crippen LogP contribution in [0.4, 0.5) is 0 Å². The maximum absolute atomic E-state index is 6.35. The van der Waals surface area contributed by atoms with Crippen molar-refractivity contribution in [1.82, 2.24) is 10.1 Å². The summed E-state index contributed by atoms with van der Waals surface area (Å²) in [7, 11) is 0. The Labute approximate surface area is 141 Å². The van der Waals surface area contributed by atoms with Gasteiger partial charge in [0, 0.05) is 5.56 Å². The van der Waals surface area contributed by atoms with Crippen LogP contribution in [0.2, 0.25) is 0 Å². The molecule has 1 aliphatic carbocycles. The van der Waals surface area contributed by atoms with Gasteiger partial charge in [0.2, 0.25) is 6.79 Å². The van der Waals surface area contributed by atoms with E-state index in [1.54, 1.807) is 0 Å². The minimum Gasteiger partial charge on any atom is -0.454 e. The van der Waals surface area contributed by atoms with Gasteiger partial charge >= 0.3 is 0 Å². The molecule has 0 saturated heterocycles. The largest absolute Gasteiger partial charge is 0.454 e. The van der Waals surface area contributed by atoms with Gasteiger partial charge < -0.3 is 19.7 Å². The van der Waals surface area contributed by atoms with Crippen molar-refractivity contribution in [2.24, 2.45) is 5.73 Å². The second kappa shape index (κ2) is 5.72. The molecule has 2 heterocycles. The predicted molar refractivity (Wildman–Crippen MR) is 85.1 cm³/mol. The molecule has 1 aromatic heterocycles. The fourth-order valence-corrected chi connectivity index (χ4v) is 3.42. The highest BCUT2D eigenvalue weighted by molar-refractivity contribution is 9.10. The lowest BCUT2D eigenvalue weighted by Crippen LogP contribution is -2.34. The minimum absolute atomic E-state index is 0. The standard InChI is InChI=1S/C14H14BrN3O3.ClH/c15-9-5-8(6-10-11(9)20-7-19-10)12-17-13(18-21-12)14(16)3-1-2-4-14;/h5-6H,1-4,7,16H2;1H. The van der Waals surface area contributed by atoms with E-state index in [4.69, 9.17) is 19.7 Å². The molecule has 0 bridgehead atoms. The molecule has 118 valence electrons. The van der Waals surface area contributed by atoms with Crippen LogP contribution in [0.25, 0.3) is 11.5 Å². The number of benzene rings is 1. The lowest BCUT2D eigenvalue weighted by atomic mass is 9.99. The van der Waals surface area contributed by atoms with Gasteiger partial charge in [-0.2, -0.15) is 4.98 Å². The molecule has 22 heavy (non-hydrogen) atoms. The monoisotopic (exact) mass is 387 g/mol. The molecule has 0 unspecified atom stereocenters. The Bertz CT molecular complexity index is 701. The minimum atomic E-state index is -0.449. The van der Waals surface area contributed by atoms with Gasteiger partial charge in [0.25, 0.3) is 5.89 Å². The zero-order chi connectivity index (χ0) is 14.4. The van der Waals surface area contributed by atoms with Crippen molar-refractivity contribution in [3.05, 3.63) is 22.4 Å². The maximum Gasteiger partial charge on any atom is 0.258 e. The Morgan fingerprint density at radius 3 is 2.73 bits per heavy atom. The first kappa shape index (κ1) is 15.6. The first-order valence-corrected chi connectivity index (χ1v) is 7.68. The summed E-state index contributed by atoms with van der Waals surface area (Å²) in [5.74, 6) is 2.40. The molecule has 1 saturated carbocycles. The zero-order valence-electron chi connectivity index (χ0n) is 11.7. The van der Waals surface area contributed by atoms with Gasteiger partial charge in [-0.15, -0.1) is 12.4 Å². The fraction of sp³-hybridized carbons (Fsp3) is 0.429. The molecule has 8 heteroatoms. The zero-order valence-corrected chi connectivity index (χ0v) is 14.1. The van der Waals surface area contributed by atoms with Gasteiger partial charge in [-0.3, -0.25) is 0 Å². The number of halogens is 2. The smallest absolute Gasteiger partial charge is 0.258 e. The first-order chi connectivity index (χ1) is 10.2. The van der Waals surface area contributed by atoms with Gasteiger partial charge in [-0.1, -0.05) is 18.0 Å². The third-order valence-corrected chi connectivity index (χ3v) is 4.63. The van der Waals surface area contributed by atoms with Crippen LogP contribution in [0, 0.1) is 0 Å². The van der Waals surface area contributed by atoms with Crippen molar-refractivity contribution in [3.8, 4) is 23.0 Å². The summed E-state index contributed by atoms with van der Waals surface area (Å²) in [4.78, 5) is 4.48. The third kappa shape index (κ3) is 2.47. The first-order valence-electron chi connectivity index (χ1n) is 6.88. The van der Waals surface area contributed by atoms with E-state index in [1.165, 1.54) is 0 Å². The van der Waals surface area contributed by atoms with Crippen LogP contribution < -0.4 is 15.2 Å². The second-order valence-corrected chi connectivity index (χ2v) is 6.33. The third-order valence-electron chi connectivity index (χ3n) is 4.04. The molecule has 0 atom stereocenters. The number of hydrogen-bond donors (Lipinski definition) is 1. The van der Waals surface area contributed by atoms with Crippen LogP contribution in [0.5, 0.6) is 11.5 Å². The average molecular weight is 389 g/mol. The molecule has 4 rings (SSSR count). The molecule has 2 aromatic rings. The molecule has 0 amide bonds. The van der Waals surface area contributed by atoms with E-state index in [9.17, 15) is 0 Å². The molecule has 1 fully saturated rings. The van der Waals surface area contributed by atoms with Gasteiger partial charge in [0.15, 0.2) is 17.3 Å².